The molecule has 0 amide bonds. The van der Waals surface area contributed by atoms with Crippen LogP contribution in [0.2, 0.25) is 5.02 Å². The number of anilines is 1. The first-order valence-electron chi connectivity index (χ1n) is 6.42. The van der Waals surface area contributed by atoms with Crippen molar-refractivity contribution >= 4 is 43.2 Å². The molecule has 3 nitrogen and oxygen atoms in total. The summed E-state index contributed by atoms with van der Waals surface area (Å²) in [6, 6.07) is 5.06. The molecule has 6 heteroatoms. The van der Waals surface area contributed by atoms with Gasteiger partial charge in [0.2, 0.25) is 10.0 Å². The number of nitrogens with one attached hydrogen (secondary N) is 1. The zero-order valence-corrected chi connectivity index (χ0v) is 13.7. The molecular formula is C13H17BrClNO2S. The summed E-state index contributed by atoms with van der Waals surface area (Å²) in [4.78, 5) is 0. The van der Waals surface area contributed by atoms with Gasteiger partial charge in [0.25, 0.3) is 0 Å². The monoisotopic (exact) mass is 365 g/mol. The Kier molecular flexibility index (Phi) is 5.15. The van der Waals surface area contributed by atoms with E-state index in [1.807, 2.05) is 0 Å². The van der Waals surface area contributed by atoms with E-state index in [0.717, 1.165) is 25.7 Å². The molecule has 1 aromatic carbocycles. The van der Waals surface area contributed by atoms with Crippen molar-refractivity contribution in [2.75, 3.05) is 10.5 Å². The summed E-state index contributed by atoms with van der Waals surface area (Å²) in [7, 11) is -3.31. The van der Waals surface area contributed by atoms with Gasteiger partial charge in [-0.1, -0.05) is 30.9 Å². The quantitative estimate of drug-likeness (QED) is 0.857. The fraction of sp³-hybridized carbons (Fsp3) is 0.538. The summed E-state index contributed by atoms with van der Waals surface area (Å²) in [6.07, 6.45) is 5.53. The highest BCUT2D eigenvalue weighted by Crippen LogP contribution is 2.29. The van der Waals surface area contributed by atoms with Gasteiger partial charge in [0, 0.05) is 9.50 Å². The molecule has 1 aromatic rings. The molecule has 0 aliphatic heterocycles. The average molecular weight is 367 g/mol. The van der Waals surface area contributed by atoms with Gasteiger partial charge in [0.05, 0.1) is 11.4 Å². The van der Waals surface area contributed by atoms with Crippen molar-refractivity contribution in [2.24, 2.45) is 5.92 Å². The highest BCUT2D eigenvalue weighted by molar-refractivity contribution is 9.10. The van der Waals surface area contributed by atoms with Crippen LogP contribution in [0.3, 0.4) is 0 Å². The molecule has 1 saturated carbocycles. The van der Waals surface area contributed by atoms with Crippen molar-refractivity contribution in [3.63, 3.8) is 0 Å². The molecule has 2 rings (SSSR count). The van der Waals surface area contributed by atoms with Gasteiger partial charge in [-0.25, -0.2) is 8.42 Å². The fourth-order valence-electron chi connectivity index (χ4n) is 2.45. The van der Waals surface area contributed by atoms with Crippen molar-refractivity contribution in [3.05, 3.63) is 27.7 Å². The first kappa shape index (κ1) is 15.1. The fourth-order valence-corrected chi connectivity index (χ4v) is 4.64. The summed E-state index contributed by atoms with van der Waals surface area (Å²) in [5.74, 6) is 0.482. The van der Waals surface area contributed by atoms with Crippen LogP contribution < -0.4 is 4.72 Å². The standard InChI is InChI=1S/C13H17BrClNO2S/c14-12-7-6-11(15)8-13(12)16-19(17,18)9-10-4-2-1-3-5-10/h6-8,10,16H,1-5,9H2. The maximum Gasteiger partial charge on any atom is 0.233 e. The molecule has 19 heavy (non-hydrogen) atoms. The van der Waals surface area contributed by atoms with Crippen molar-refractivity contribution in [1.29, 1.82) is 0 Å². The highest BCUT2D eigenvalue weighted by Gasteiger charge is 2.21. The first-order chi connectivity index (χ1) is 8.96. The van der Waals surface area contributed by atoms with Gasteiger partial charge < -0.3 is 0 Å². The number of sulfonamides is 1. The van der Waals surface area contributed by atoms with Crippen LogP contribution in [0.15, 0.2) is 22.7 Å². The van der Waals surface area contributed by atoms with Crippen molar-refractivity contribution < 1.29 is 8.42 Å². The van der Waals surface area contributed by atoms with E-state index < -0.39 is 10.0 Å². The topological polar surface area (TPSA) is 46.2 Å². The van der Waals surface area contributed by atoms with Crippen LogP contribution in [-0.2, 0) is 10.0 Å². The summed E-state index contributed by atoms with van der Waals surface area (Å²) < 4.78 is 27.6. The van der Waals surface area contributed by atoms with Crippen LogP contribution in [0.25, 0.3) is 0 Å². The molecule has 1 fully saturated rings. The minimum absolute atomic E-state index is 0.200. The third-order valence-corrected chi connectivity index (χ3v) is 5.74. The van der Waals surface area contributed by atoms with Gasteiger partial charge in [0.15, 0.2) is 0 Å². The normalized spacial score (nSPS) is 17.4. The Hall–Kier alpha value is -0.260. The number of rotatable bonds is 4. The maximum absolute atomic E-state index is 12.2. The second kappa shape index (κ2) is 6.46. The van der Waals surface area contributed by atoms with Crippen LogP contribution in [0.4, 0.5) is 5.69 Å². The van der Waals surface area contributed by atoms with Crippen LogP contribution in [0.1, 0.15) is 32.1 Å². The Labute approximate surface area is 127 Å². The minimum Gasteiger partial charge on any atom is -0.282 e. The van der Waals surface area contributed by atoms with Crippen molar-refractivity contribution in [3.8, 4) is 0 Å². The lowest BCUT2D eigenvalue weighted by atomic mass is 9.91. The lowest BCUT2D eigenvalue weighted by Gasteiger charge is -2.21. The lowest BCUT2D eigenvalue weighted by Crippen LogP contribution is -2.24. The first-order valence-corrected chi connectivity index (χ1v) is 9.24. The summed E-state index contributed by atoms with van der Waals surface area (Å²) in [5.41, 5.74) is 0.503. The van der Waals surface area contributed by atoms with Gasteiger partial charge >= 0.3 is 0 Å². The molecule has 0 bridgehead atoms. The number of halogens is 2. The van der Waals surface area contributed by atoms with E-state index in [4.69, 9.17) is 11.6 Å². The summed E-state index contributed by atoms with van der Waals surface area (Å²) in [5, 5.41) is 0.513. The van der Waals surface area contributed by atoms with Crippen molar-refractivity contribution in [1.82, 2.24) is 0 Å². The maximum atomic E-state index is 12.2. The lowest BCUT2D eigenvalue weighted by molar-refractivity contribution is 0.385. The highest BCUT2D eigenvalue weighted by atomic mass is 79.9. The average Bonchev–Trinajstić information content (AvgIpc) is 2.34. The van der Waals surface area contributed by atoms with E-state index in [9.17, 15) is 8.42 Å². The predicted octanol–water partition coefficient (Wildman–Crippen LogP) is 4.42. The zero-order valence-electron chi connectivity index (χ0n) is 10.5. The van der Waals surface area contributed by atoms with Gasteiger partial charge in [-0.3, -0.25) is 4.72 Å². The summed E-state index contributed by atoms with van der Waals surface area (Å²) >= 11 is 9.20. The van der Waals surface area contributed by atoms with Crippen LogP contribution in [-0.4, -0.2) is 14.2 Å². The Morgan fingerprint density at radius 3 is 2.63 bits per heavy atom. The van der Waals surface area contributed by atoms with E-state index in [2.05, 4.69) is 20.7 Å². The van der Waals surface area contributed by atoms with E-state index in [-0.39, 0.29) is 11.7 Å². The zero-order chi connectivity index (χ0) is 13.9. The molecule has 0 heterocycles. The molecule has 1 aliphatic carbocycles. The Morgan fingerprint density at radius 2 is 1.95 bits per heavy atom. The molecular weight excluding hydrogens is 350 g/mol. The number of hydrogen-bond acceptors (Lipinski definition) is 2. The number of hydrogen-bond donors (Lipinski definition) is 1. The minimum atomic E-state index is -3.31. The van der Waals surface area contributed by atoms with E-state index in [1.165, 1.54) is 6.42 Å². The predicted molar refractivity (Wildman–Crippen MR) is 83.1 cm³/mol. The molecule has 1 aliphatic rings. The molecule has 106 valence electrons. The van der Waals surface area contributed by atoms with E-state index in [1.54, 1.807) is 18.2 Å². The Bertz CT molecular complexity index is 542. The SMILES string of the molecule is O=S(=O)(CC1CCCCC1)Nc1cc(Cl)ccc1Br. The molecule has 0 radical (unpaired) electrons. The smallest absolute Gasteiger partial charge is 0.233 e. The largest absolute Gasteiger partial charge is 0.282 e. The van der Waals surface area contributed by atoms with Crippen LogP contribution in [0.5, 0.6) is 0 Å². The molecule has 1 N–H and O–H groups in total. The molecule has 0 saturated heterocycles. The second-order valence-corrected chi connectivity index (χ2v) is 8.07. The molecule has 0 unspecified atom stereocenters. The molecule has 0 atom stereocenters. The van der Waals surface area contributed by atoms with Gasteiger partial charge in [-0.05, 0) is 52.9 Å². The van der Waals surface area contributed by atoms with E-state index >= 15 is 0 Å². The van der Waals surface area contributed by atoms with Gasteiger partial charge in [-0.2, -0.15) is 0 Å². The second-order valence-electron chi connectivity index (χ2n) is 5.01. The van der Waals surface area contributed by atoms with Gasteiger partial charge in [-0.15, -0.1) is 0 Å². The van der Waals surface area contributed by atoms with Gasteiger partial charge in [0.1, 0.15) is 0 Å². The number of benzene rings is 1. The third-order valence-electron chi connectivity index (χ3n) is 3.37. The van der Waals surface area contributed by atoms with Crippen molar-refractivity contribution in [2.45, 2.75) is 32.1 Å². The summed E-state index contributed by atoms with van der Waals surface area (Å²) in [6.45, 7) is 0. The van der Waals surface area contributed by atoms with E-state index in [0.29, 0.717) is 15.2 Å². The van der Waals surface area contributed by atoms with Crippen LogP contribution in [0, 0.1) is 5.92 Å². The van der Waals surface area contributed by atoms with Crippen LogP contribution >= 0.6 is 27.5 Å². The molecule has 0 spiro atoms. The Morgan fingerprint density at radius 1 is 1.26 bits per heavy atom. The third kappa shape index (κ3) is 4.65. The molecule has 0 aromatic heterocycles. The Balaban J connectivity index is 2.05.